The van der Waals surface area contributed by atoms with Crippen LogP contribution in [0.1, 0.15) is 25.5 Å². The molecule has 25 heavy (non-hydrogen) atoms. The van der Waals surface area contributed by atoms with E-state index >= 15 is 0 Å². The topological polar surface area (TPSA) is 58.1 Å². The molecule has 0 saturated carbocycles. The molecule has 0 saturated heterocycles. The molecule has 2 N–H and O–H groups in total. The molecule has 0 aliphatic rings. The van der Waals surface area contributed by atoms with Gasteiger partial charge in [-0.3, -0.25) is 9.89 Å². The van der Waals surface area contributed by atoms with Crippen molar-refractivity contribution < 1.29 is 9.47 Å². The molecule has 0 aliphatic heterocycles. The lowest BCUT2D eigenvalue weighted by atomic mass is 10.0. The Morgan fingerprint density at radius 3 is 2.48 bits per heavy atom. The Labute approximate surface area is 169 Å². The van der Waals surface area contributed by atoms with Crippen molar-refractivity contribution in [1.82, 2.24) is 15.5 Å². The van der Waals surface area contributed by atoms with Crippen LogP contribution < -0.4 is 15.4 Å². The van der Waals surface area contributed by atoms with E-state index in [0.29, 0.717) is 6.61 Å². The number of rotatable bonds is 10. The van der Waals surface area contributed by atoms with Gasteiger partial charge in [-0.1, -0.05) is 26.0 Å². The quantitative estimate of drug-likeness (QED) is 0.241. The predicted octanol–water partition coefficient (Wildman–Crippen LogP) is 2.51. The molecule has 0 radical (unpaired) electrons. The molecule has 0 fully saturated rings. The minimum Gasteiger partial charge on any atom is -0.497 e. The summed E-state index contributed by atoms with van der Waals surface area (Å²) in [5, 5.41) is 6.66. The largest absolute Gasteiger partial charge is 0.497 e. The average Bonchev–Trinajstić information content (AvgIpc) is 2.63. The number of ether oxygens (including phenoxy) is 2. The standard InChI is InChI=1S/C18H32N4O2.HI/c1-6-22(7-2)17(15-9-8-10-16(13-15)24-5)14-21-18(19-3)20-11-12-23-4;/h8-10,13,17H,6-7,11-12,14H2,1-5H3,(H2,19,20,21);1H. The predicted molar refractivity (Wildman–Crippen MR) is 115 cm³/mol. The fraction of sp³-hybridized carbons (Fsp3) is 0.611. The first kappa shape index (κ1) is 23.9. The summed E-state index contributed by atoms with van der Waals surface area (Å²) in [4.78, 5) is 6.69. The van der Waals surface area contributed by atoms with Crippen LogP contribution in [-0.2, 0) is 4.74 Å². The number of nitrogens with zero attached hydrogens (tertiary/aromatic N) is 2. The lowest BCUT2D eigenvalue weighted by molar-refractivity contribution is 0.203. The summed E-state index contributed by atoms with van der Waals surface area (Å²) in [5.41, 5.74) is 1.23. The van der Waals surface area contributed by atoms with Crippen molar-refractivity contribution in [2.45, 2.75) is 19.9 Å². The zero-order valence-corrected chi connectivity index (χ0v) is 18.4. The highest BCUT2D eigenvalue weighted by Crippen LogP contribution is 2.23. The van der Waals surface area contributed by atoms with E-state index in [9.17, 15) is 0 Å². The Morgan fingerprint density at radius 1 is 1.20 bits per heavy atom. The summed E-state index contributed by atoms with van der Waals surface area (Å²) >= 11 is 0. The fourth-order valence-electron chi connectivity index (χ4n) is 2.66. The van der Waals surface area contributed by atoms with Crippen molar-refractivity contribution in [3.05, 3.63) is 29.8 Å². The maximum absolute atomic E-state index is 5.38. The first-order chi connectivity index (χ1) is 11.7. The van der Waals surface area contributed by atoms with E-state index in [1.165, 1.54) is 5.56 Å². The van der Waals surface area contributed by atoms with Crippen molar-refractivity contribution in [3.63, 3.8) is 0 Å². The van der Waals surface area contributed by atoms with Crippen molar-refractivity contribution >= 4 is 29.9 Å². The van der Waals surface area contributed by atoms with Gasteiger partial charge in [-0.25, -0.2) is 0 Å². The van der Waals surface area contributed by atoms with Gasteiger partial charge in [0.2, 0.25) is 0 Å². The Balaban J connectivity index is 0.00000576. The van der Waals surface area contributed by atoms with Crippen molar-refractivity contribution in [1.29, 1.82) is 0 Å². The molecule has 0 spiro atoms. The number of halogens is 1. The summed E-state index contributed by atoms with van der Waals surface area (Å²) in [5.74, 6) is 1.67. The number of methoxy groups -OCH3 is 2. The van der Waals surface area contributed by atoms with Crippen LogP contribution in [0.2, 0.25) is 0 Å². The average molecular weight is 464 g/mol. The third-order valence-electron chi connectivity index (χ3n) is 4.02. The van der Waals surface area contributed by atoms with Crippen LogP contribution in [0.15, 0.2) is 29.3 Å². The molecule has 144 valence electrons. The maximum atomic E-state index is 5.38. The lowest BCUT2D eigenvalue weighted by Gasteiger charge is -2.31. The van der Waals surface area contributed by atoms with Crippen LogP contribution >= 0.6 is 24.0 Å². The van der Waals surface area contributed by atoms with Gasteiger partial charge in [-0.05, 0) is 30.8 Å². The Kier molecular flexibility index (Phi) is 13.5. The highest BCUT2D eigenvalue weighted by atomic mass is 127. The third-order valence-corrected chi connectivity index (χ3v) is 4.02. The SMILES string of the molecule is CCN(CC)C(CNC(=NC)NCCOC)c1cccc(OC)c1.I. The van der Waals surface area contributed by atoms with Gasteiger partial charge in [0, 0.05) is 27.2 Å². The molecule has 1 aromatic rings. The minimum absolute atomic E-state index is 0. The van der Waals surface area contributed by atoms with Gasteiger partial charge < -0.3 is 20.1 Å². The zero-order valence-electron chi connectivity index (χ0n) is 16.0. The second kappa shape index (κ2) is 14.1. The smallest absolute Gasteiger partial charge is 0.191 e. The van der Waals surface area contributed by atoms with Crippen LogP contribution in [0.3, 0.4) is 0 Å². The van der Waals surface area contributed by atoms with Crippen LogP contribution in [0.25, 0.3) is 0 Å². The van der Waals surface area contributed by atoms with Crippen molar-refractivity contribution in [2.75, 3.05) is 54.1 Å². The summed E-state index contributed by atoms with van der Waals surface area (Å²) in [6, 6.07) is 8.51. The van der Waals surface area contributed by atoms with E-state index in [0.717, 1.165) is 37.9 Å². The number of hydrogen-bond donors (Lipinski definition) is 2. The summed E-state index contributed by atoms with van der Waals surface area (Å²) in [6.07, 6.45) is 0. The Hall–Kier alpha value is -1.06. The van der Waals surface area contributed by atoms with E-state index in [2.05, 4.69) is 46.5 Å². The Morgan fingerprint density at radius 2 is 1.92 bits per heavy atom. The van der Waals surface area contributed by atoms with Gasteiger partial charge >= 0.3 is 0 Å². The van der Waals surface area contributed by atoms with Gasteiger partial charge in [-0.2, -0.15) is 0 Å². The lowest BCUT2D eigenvalue weighted by Crippen LogP contribution is -2.44. The van der Waals surface area contributed by atoms with Gasteiger partial charge in [0.15, 0.2) is 5.96 Å². The molecule has 0 aromatic heterocycles. The number of nitrogens with one attached hydrogen (secondary N) is 2. The molecule has 1 unspecified atom stereocenters. The molecule has 0 heterocycles. The second-order valence-electron chi connectivity index (χ2n) is 5.39. The molecule has 6 nitrogen and oxygen atoms in total. The number of hydrogen-bond acceptors (Lipinski definition) is 4. The van der Waals surface area contributed by atoms with Gasteiger partial charge in [-0.15, -0.1) is 24.0 Å². The van der Waals surface area contributed by atoms with Crippen molar-refractivity contribution in [2.24, 2.45) is 4.99 Å². The van der Waals surface area contributed by atoms with Crippen LogP contribution in [0, 0.1) is 0 Å². The summed E-state index contributed by atoms with van der Waals surface area (Å²) in [7, 11) is 5.17. The molecule has 7 heteroatoms. The number of likely N-dealkylation sites (N-methyl/N-ethyl adjacent to an activating group) is 1. The van der Waals surface area contributed by atoms with Gasteiger partial charge in [0.05, 0.1) is 19.8 Å². The van der Waals surface area contributed by atoms with Gasteiger partial charge in [0.1, 0.15) is 5.75 Å². The highest BCUT2D eigenvalue weighted by molar-refractivity contribution is 14.0. The number of aliphatic imine (C=N–C) groups is 1. The fourth-order valence-corrected chi connectivity index (χ4v) is 2.66. The first-order valence-corrected chi connectivity index (χ1v) is 8.51. The van der Waals surface area contributed by atoms with E-state index in [4.69, 9.17) is 9.47 Å². The molecule has 0 amide bonds. The number of guanidine groups is 1. The summed E-state index contributed by atoms with van der Waals surface area (Å²) < 4.78 is 10.4. The number of benzene rings is 1. The third kappa shape index (κ3) is 8.24. The maximum Gasteiger partial charge on any atom is 0.191 e. The van der Waals surface area contributed by atoms with Gasteiger partial charge in [0.25, 0.3) is 0 Å². The Bertz CT molecular complexity index is 496. The van der Waals surface area contributed by atoms with Crippen LogP contribution in [0.4, 0.5) is 0 Å². The van der Waals surface area contributed by atoms with E-state index in [1.807, 2.05) is 12.1 Å². The molecule has 1 rings (SSSR count). The van der Waals surface area contributed by atoms with Crippen LogP contribution in [0.5, 0.6) is 5.75 Å². The molecule has 0 bridgehead atoms. The zero-order chi connectivity index (χ0) is 17.8. The summed E-state index contributed by atoms with van der Waals surface area (Å²) in [6.45, 7) is 8.47. The molecule has 1 atom stereocenters. The van der Waals surface area contributed by atoms with E-state index in [-0.39, 0.29) is 30.0 Å². The van der Waals surface area contributed by atoms with E-state index in [1.54, 1.807) is 21.3 Å². The normalized spacial score (nSPS) is 12.5. The molecule has 1 aromatic carbocycles. The van der Waals surface area contributed by atoms with E-state index < -0.39 is 0 Å². The highest BCUT2D eigenvalue weighted by Gasteiger charge is 2.19. The molecule has 0 aliphatic carbocycles. The first-order valence-electron chi connectivity index (χ1n) is 8.51. The molecular formula is C18H33IN4O2. The molecular weight excluding hydrogens is 431 g/mol. The monoisotopic (exact) mass is 464 g/mol. The minimum atomic E-state index is 0. The van der Waals surface area contributed by atoms with Crippen LogP contribution in [-0.4, -0.2) is 64.9 Å². The second-order valence-corrected chi connectivity index (χ2v) is 5.39. The van der Waals surface area contributed by atoms with Crippen molar-refractivity contribution in [3.8, 4) is 5.75 Å².